The van der Waals surface area contributed by atoms with Crippen molar-refractivity contribution in [2.45, 2.75) is 45.3 Å². The second-order valence-corrected chi connectivity index (χ2v) is 5.35. The monoisotopic (exact) mass is 278 g/mol. The third-order valence-electron chi connectivity index (χ3n) is 4.78. The molecule has 1 aromatic rings. The summed E-state index contributed by atoms with van der Waals surface area (Å²) in [7, 11) is 1.96. The fraction of sp³-hybridized carbons (Fsp3) is 0.600. The van der Waals surface area contributed by atoms with Crippen molar-refractivity contribution >= 4 is 5.69 Å². The van der Waals surface area contributed by atoms with Gasteiger partial charge in [0.25, 0.3) is 0 Å². The lowest BCUT2D eigenvalue weighted by molar-refractivity contribution is -0.386. The summed E-state index contributed by atoms with van der Waals surface area (Å²) in [5, 5.41) is 14.4. The van der Waals surface area contributed by atoms with Gasteiger partial charge in [-0.25, -0.2) is 0 Å². The summed E-state index contributed by atoms with van der Waals surface area (Å²) < 4.78 is 5.99. The predicted molar refractivity (Wildman–Crippen MR) is 78.0 cm³/mol. The van der Waals surface area contributed by atoms with Crippen molar-refractivity contribution in [3.8, 4) is 5.75 Å². The lowest BCUT2D eigenvalue weighted by atomic mass is 9.58. The summed E-state index contributed by atoms with van der Waals surface area (Å²) in [6.07, 6.45) is 2.93. The van der Waals surface area contributed by atoms with E-state index in [2.05, 4.69) is 19.2 Å². The molecule has 20 heavy (non-hydrogen) atoms. The van der Waals surface area contributed by atoms with Gasteiger partial charge >= 0.3 is 5.69 Å². The summed E-state index contributed by atoms with van der Waals surface area (Å²) in [4.78, 5) is 10.7. The molecule has 0 amide bonds. The Kier molecular flexibility index (Phi) is 4.28. The molecule has 1 aliphatic rings. The van der Waals surface area contributed by atoms with Crippen LogP contribution in [0.4, 0.5) is 5.69 Å². The number of nitrogens with zero attached hydrogens (tertiary/aromatic N) is 1. The normalized spacial score (nSPS) is 23.9. The topological polar surface area (TPSA) is 64.4 Å². The number of rotatable bonds is 6. The van der Waals surface area contributed by atoms with Crippen LogP contribution in [0.15, 0.2) is 24.3 Å². The molecule has 5 nitrogen and oxygen atoms in total. The van der Waals surface area contributed by atoms with Gasteiger partial charge in [0.1, 0.15) is 6.10 Å². The number of nitrogens with one attached hydrogen (secondary N) is 1. The molecular formula is C15H22N2O3. The first-order valence-corrected chi connectivity index (χ1v) is 7.16. The molecule has 0 heterocycles. The average molecular weight is 278 g/mol. The Morgan fingerprint density at radius 1 is 1.40 bits per heavy atom. The van der Waals surface area contributed by atoms with E-state index in [0.717, 1.165) is 19.3 Å². The molecule has 2 atom stereocenters. The molecule has 1 aromatic carbocycles. The van der Waals surface area contributed by atoms with Gasteiger partial charge in [0.05, 0.1) is 4.92 Å². The maximum Gasteiger partial charge on any atom is 0.310 e. The molecule has 0 aromatic heterocycles. The minimum Gasteiger partial charge on any atom is -0.483 e. The molecule has 0 spiro atoms. The van der Waals surface area contributed by atoms with Gasteiger partial charge in [-0.05, 0) is 26.0 Å². The van der Waals surface area contributed by atoms with Crippen molar-refractivity contribution < 1.29 is 9.66 Å². The van der Waals surface area contributed by atoms with E-state index in [4.69, 9.17) is 4.74 Å². The van der Waals surface area contributed by atoms with Crippen LogP contribution in [0.2, 0.25) is 0 Å². The molecule has 0 radical (unpaired) electrons. The van der Waals surface area contributed by atoms with Crippen LogP contribution in [0, 0.1) is 15.5 Å². The molecule has 2 unspecified atom stereocenters. The summed E-state index contributed by atoms with van der Waals surface area (Å²) in [6.45, 7) is 4.31. The van der Waals surface area contributed by atoms with Crippen molar-refractivity contribution in [1.82, 2.24) is 5.32 Å². The molecule has 0 aliphatic heterocycles. The van der Waals surface area contributed by atoms with Crippen LogP contribution in [-0.2, 0) is 0 Å². The van der Waals surface area contributed by atoms with Crippen LogP contribution in [0.1, 0.15) is 33.1 Å². The van der Waals surface area contributed by atoms with Gasteiger partial charge in [-0.2, -0.15) is 0 Å². The van der Waals surface area contributed by atoms with Gasteiger partial charge < -0.3 is 10.1 Å². The van der Waals surface area contributed by atoms with E-state index in [1.165, 1.54) is 6.07 Å². The molecular weight excluding hydrogens is 256 g/mol. The number of benzene rings is 1. The highest BCUT2D eigenvalue weighted by atomic mass is 16.6. The summed E-state index contributed by atoms with van der Waals surface area (Å²) in [5.41, 5.74) is 0.111. The summed E-state index contributed by atoms with van der Waals surface area (Å²) >= 11 is 0. The molecule has 1 aliphatic carbocycles. The number of ether oxygens (including phenoxy) is 1. The fourth-order valence-electron chi connectivity index (χ4n) is 3.38. The summed E-state index contributed by atoms with van der Waals surface area (Å²) in [6, 6.07) is 7.03. The van der Waals surface area contributed by atoms with Crippen LogP contribution in [0.3, 0.4) is 0 Å². The largest absolute Gasteiger partial charge is 0.483 e. The van der Waals surface area contributed by atoms with Crippen LogP contribution >= 0.6 is 0 Å². The molecule has 1 saturated carbocycles. The van der Waals surface area contributed by atoms with Gasteiger partial charge in [0.15, 0.2) is 5.75 Å². The number of nitro benzene ring substituents is 1. The highest BCUT2D eigenvalue weighted by Gasteiger charge is 2.53. The zero-order valence-corrected chi connectivity index (χ0v) is 12.3. The first kappa shape index (κ1) is 14.8. The number of hydrogen-bond acceptors (Lipinski definition) is 4. The Bertz CT molecular complexity index is 486. The van der Waals surface area contributed by atoms with Crippen LogP contribution in [0.25, 0.3) is 0 Å². The van der Waals surface area contributed by atoms with Crippen molar-refractivity contribution in [3.63, 3.8) is 0 Å². The van der Waals surface area contributed by atoms with Crippen molar-refractivity contribution in [1.29, 1.82) is 0 Å². The Balaban J connectivity index is 2.21. The van der Waals surface area contributed by atoms with Crippen molar-refractivity contribution in [3.05, 3.63) is 34.4 Å². The Morgan fingerprint density at radius 2 is 2.05 bits per heavy atom. The van der Waals surface area contributed by atoms with Crippen molar-refractivity contribution in [2.24, 2.45) is 5.41 Å². The SMILES string of the molecule is CCC1(CC)C(NC)CC1Oc1ccccc1[N+](=O)[O-]. The highest BCUT2D eigenvalue weighted by molar-refractivity contribution is 5.46. The first-order chi connectivity index (χ1) is 9.58. The van der Waals surface area contributed by atoms with E-state index >= 15 is 0 Å². The highest BCUT2D eigenvalue weighted by Crippen LogP contribution is 2.49. The van der Waals surface area contributed by atoms with Gasteiger partial charge in [0, 0.05) is 23.9 Å². The molecule has 1 N–H and O–H groups in total. The quantitative estimate of drug-likeness (QED) is 0.641. The minimum absolute atomic E-state index is 0.0380. The molecule has 0 saturated heterocycles. The average Bonchev–Trinajstić information content (AvgIpc) is 2.44. The zero-order valence-electron chi connectivity index (χ0n) is 12.3. The lowest BCUT2D eigenvalue weighted by Crippen LogP contribution is -2.63. The minimum atomic E-state index is -0.386. The Morgan fingerprint density at radius 3 is 2.60 bits per heavy atom. The standard InChI is InChI=1S/C15H22N2O3/c1-4-15(5-2)13(16-3)10-14(15)20-12-9-7-6-8-11(12)17(18)19/h6-9,13-14,16H,4-5,10H2,1-3H3. The third kappa shape index (κ3) is 2.26. The second-order valence-electron chi connectivity index (χ2n) is 5.35. The van der Waals surface area contributed by atoms with Crippen molar-refractivity contribution in [2.75, 3.05) is 7.05 Å². The van der Waals surface area contributed by atoms with Crippen LogP contribution in [-0.4, -0.2) is 24.1 Å². The van der Waals surface area contributed by atoms with Gasteiger partial charge in [0.2, 0.25) is 0 Å². The molecule has 0 bridgehead atoms. The van der Waals surface area contributed by atoms with Gasteiger partial charge in [-0.1, -0.05) is 26.0 Å². The number of hydrogen-bond donors (Lipinski definition) is 1. The molecule has 5 heteroatoms. The maximum absolute atomic E-state index is 11.0. The lowest BCUT2D eigenvalue weighted by Gasteiger charge is -2.55. The van der Waals surface area contributed by atoms with Crippen LogP contribution in [0.5, 0.6) is 5.75 Å². The van der Waals surface area contributed by atoms with E-state index in [0.29, 0.717) is 11.8 Å². The second kappa shape index (κ2) is 5.79. The summed E-state index contributed by atoms with van der Waals surface area (Å²) in [5.74, 6) is 0.378. The number of para-hydroxylation sites is 2. The van der Waals surface area contributed by atoms with E-state index in [-0.39, 0.29) is 22.1 Å². The predicted octanol–water partition coefficient (Wildman–Crippen LogP) is 3.14. The third-order valence-corrected chi connectivity index (χ3v) is 4.78. The van der Waals surface area contributed by atoms with Crippen LogP contribution < -0.4 is 10.1 Å². The van der Waals surface area contributed by atoms with E-state index < -0.39 is 0 Å². The fourth-order valence-corrected chi connectivity index (χ4v) is 3.38. The Labute approximate surface area is 119 Å². The molecule has 110 valence electrons. The first-order valence-electron chi connectivity index (χ1n) is 7.16. The van der Waals surface area contributed by atoms with Gasteiger partial charge in [-0.15, -0.1) is 0 Å². The zero-order chi connectivity index (χ0) is 14.8. The molecule has 1 fully saturated rings. The molecule has 2 rings (SSSR count). The maximum atomic E-state index is 11.0. The Hall–Kier alpha value is -1.62. The van der Waals surface area contributed by atoms with E-state index in [9.17, 15) is 10.1 Å². The van der Waals surface area contributed by atoms with Gasteiger partial charge in [-0.3, -0.25) is 10.1 Å². The van der Waals surface area contributed by atoms with E-state index in [1.54, 1.807) is 18.2 Å². The smallest absolute Gasteiger partial charge is 0.310 e. The van der Waals surface area contributed by atoms with E-state index in [1.807, 2.05) is 7.05 Å². The number of nitro groups is 1.